The Balaban J connectivity index is 1.32. The Bertz CT molecular complexity index is 1400. The van der Waals surface area contributed by atoms with Gasteiger partial charge in [0, 0.05) is 5.56 Å². The molecular formula is C33H33NO5. The zero-order valence-electron chi connectivity index (χ0n) is 22.4. The molecule has 4 rings (SSSR count). The van der Waals surface area contributed by atoms with Crippen LogP contribution in [0.4, 0.5) is 0 Å². The van der Waals surface area contributed by atoms with Crippen LogP contribution in [0.15, 0.2) is 97.1 Å². The summed E-state index contributed by atoms with van der Waals surface area (Å²) in [6.45, 7) is 6.44. The van der Waals surface area contributed by atoms with Crippen LogP contribution in [-0.2, 0) is 4.79 Å². The van der Waals surface area contributed by atoms with Gasteiger partial charge in [-0.3, -0.25) is 4.79 Å². The van der Waals surface area contributed by atoms with Gasteiger partial charge in [0.25, 0.3) is 5.91 Å². The Morgan fingerprint density at radius 3 is 2.03 bits per heavy atom. The summed E-state index contributed by atoms with van der Waals surface area (Å²) in [5, 5.41) is 12.1. The Morgan fingerprint density at radius 1 is 0.769 bits per heavy atom. The molecular weight excluding hydrogens is 490 g/mol. The van der Waals surface area contributed by atoms with Crippen molar-refractivity contribution in [3.63, 3.8) is 0 Å². The van der Waals surface area contributed by atoms with E-state index < -0.39 is 12.1 Å². The minimum absolute atomic E-state index is 0.144. The van der Waals surface area contributed by atoms with Crippen LogP contribution in [-0.4, -0.2) is 36.2 Å². The molecule has 0 aliphatic rings. The summed E-state index contributed by atoms with van der Waals surface area (Å²) >= 11 is 0. The van der Waals surface area contributed by atoms with E-state index in [1.54, 1.807) is 0 Å². The first kappa shape index (κ1) is 27.5. The molecule has 1 amide bonds. The highest BCUT2D eigenvalue weighted by Crippen LogP contribution is 2.34. The van der Waals surface area contributed by atoms with E-state index in [2.05, 4.69) is 19.2 Å². The zero-order chi connectivity index (χ0) is 27.8. The molecule has 4 aromatic rings. The van der Waals surface area contributed by atoms with E-state index >= 15 is 0 Å². The topological polar surface area (TPSA) is 84.9 Å². The van der Waals surface area contributed by atoms with Crippen molar-refractivity contribution in [2.75, 3.05) is 13.2 Å². The van der Waals surface area contributed by atoms with Crippen LogP contribution < -0.4 is 14.8 Å². The third-order valence-electron chi connectivity index (χ3n) is 6.38. The fourth-order valence-electron chi connectivity index (χ4n) is 4.23. The molecule has 0 bridgehead atoms. The number of carboxylic acid groups (broad SMARTS) is 1. The lowest BCUT2D eigenvalue weighted by Gasteiger charge is -2.17. The second-order valence-electron chi connectivity index (χ2n) is 9.57. The molecule has 0 aliphatic heterocycles. The van der Waals surface area contributed by atoms with Crippen LogP contribution >= 0.6 is 0 Å². The van der Waals surface area contributed by atoms with E-state index in [1.807, 2.05) is 97.1 Å². The molecule has 6 heteroatoms. The third-order valence-corrected chi connectivity index (χ3v) is 6.38. The van der Waals surface area contributed by atoms with E-state index in [1.165, 1.54) is 6.92 Å². The molecule has 0 saturated heterocycles. The molecule has 0 saturated carbocycles. The first-order valence-electron chi connectivity index (χ1n) is 13.0. The van der Waals surface area contributed by atoms with Gasteiger partial charge in [-0.25, -0.2) is 4.79 Å². The standard InChI is InChI=1S/C33H33NO5/c1-22(2)30-18-17-29(39-23(3)33(36)37)21-31(30)26-13-15-28(16-14-26)38-20-19-34-32(35)27-11-9-25(10-12-27)24-7-5-4-6-8-24/h4-18,21-23H,19-20H2,1-3H3,(H,34,35)(H,36,37). The summed E-state index contributed by atoms with van der Waals surface area (Å²) in [7, 11) is 0. The van der Waals surface area contributed by atoms with Crippen LogP contribution in [0.5, 0.6) is 11.5 Å². The van der Waals surface area contributed by atoms with Gasteiger partial charge in [0.15, 0.2) is 6.10 Å². The Hall–Kier alpha value is -4.58. The molecule has 0 aliphatic carbocycles. The van der Waals surface area contributed by atoms with Gasteiger partial charge in [0.05, 0.1) is 6.54 Å². The fraction of sp³-hybridized carbons (Fsp3) is 0.212. The number of carbonyl (C=O) groups excluding carboxylic acids is 1. The minimum Gasteiger partial charge on any atom is -0.492 e. The number of rotatable bonds is 11. The largest absolute Gasteiger partial charge is 0.492 e. The molecule has 2 N–H and O–H groups in total. The Labute approximate surface area is 229 Å². The summed E-state index contributed by atoms with van der Waals surface area (Å²) in [5.41, 5.74) is 5.87. The van der Waals surface area contributed by atoms with Gasteiger partial charge >= 0.3 is 5.97 Å². The van der Waals surface area contributed by atoms with Crippen molar-refractivity contribution in [1.29, 1.82) is 0 Å². The molecule has 39 heavy (non-hydrogen) atoms. The minimum atomic E-state index is -1.01. The second-order valence-corrected chi connectivity index (χ2v) is 9.57. The van der Waals surface area contributed by atoms with Gasteiger partial charge < -0.3 is 19.9 Å². The van der Waals surface area contributed by atoms with Crippen LogP contribution in [0.3, 0.4) is 0 Å². The average molecular weight is 524 g/mol. The van der Waals surface area contributed by atoms with Crippen LogP contribution in [0.1, 0.15) is 42.6 Å². The number of hydrogen-bond donors (Lipinski definition) is 2. The third kappa shape index (κ3) is 7.26. The van der Waals surface area contributed by atoms with Gasteiger partial charge in [-0.2, -0.15) is 0 Å². The molecule has 1 atom stereocenters. The quantitative estimate of drug-likeness (QED) is 0.211. The number of amides is 1. The molecule has 0 aromatic heterocycles. The highest BCUT2D eigenvalue weighted by Gasteiger charge is 2.15. The second kappa shape index (κ2) is 12.8. The molecule has 1 unspecified atom stereocenters. The van der Waals surface area contributed by atoms with Crippen LogP contribution in [0, 0.1) is 0 Å². The van der Waals surface area contributed by atoms with Gasteiger partial charge in [-0.15, -0.1) is 0 Å². The Kier molecular flexibility index (Phi) is 9.00. The van der Waals surface area contributed by atoms with Crippen molar-refractivity contribution < 1.29 is 24.2 Å². The summed E-state index contributed by atoms with van der Waals surface area (Å²) in [4.78, 5) is 23.7. The fourth-order valence-corrected chi connectivity index (χ4v) is 4.23. The predicted molar refractivity (Wildman–Crippen MR) is 153 cm³/mol. The number of hydrogen-bond acceptors (Lipinski definition) is 4. The lowest BCUT2D eigenvalue weighted by atomic mass is 9.92. The van der Waals surface area contributed by atoms with Crippen molar-refractivity contribution in [2.45, 2.75) is 32.8 Å². The first-order chi connectivity index (χ1) is 18.8. The smallest absolute Gasteiger partial charge is 0.344 e. The molecule has 4 aromatic carbocycles. The zero-order valence-corrected chi connectivity index (χ0v) is 22.4. The summed E-state index contributed by atoms with van der Waals surface area (Å²) in [5.74, 6) is 0.325. The maximum Gasteiger partial charge on any atom is 0.344 e. The lowest BCUT2D eigenvalue weighted by molar-refractivity contribution is -0.144. The summed E-state index contributed by atoms with van der Waals surface area (Å²) in [6, 6.07) is 30.9. The Morgan fingerprint density at radius 2 is 1.38 bits per heavy atom. The van der Waals surface area contributed by atoms with Crippen LogP contribution in [0.25, 0.3) is 22.3 Å². The van der Waals surface area contributed by atoms with Crippen molar-refractivity contribution in [1.82, 2.24) is 5.32 Å². The summed E-state index contributed by atoms with van der Waals surface area (Å²) in [6.07, 6.45) is -0.937. The number of ether oxygens (including phenoxy) is 2. The highest BCUT2D eigenvalue weighted by molar-refractivity contribution is 5.94. The molecule has 0 heterocycles. The van der Waals surface area contributed by atoms with E-state index in [-0.39, 0.29) is 11.8 Å². The van der Waals surface area contributed by atoms with Gasteiger partial charge in [0.2, 0.25) is 0 Å². The lowest BCUT2D eigenvalue weighted by Crippen LogP contribution is -2.28. The normalized spacial score (nSPS) is 11.6. The summed E-state index contributed by atoms with van der Waals surface area (Å²) < 4.78 is 11.4. The van der Waals surface area contributed by atoms with Crippen molar-refractivity contribution in [3.8, 4) is 33.8 Å². The molecule has 200 valence electrons. The monoisotopic (exact) mass is 523 g/mol. The van der Waals surface area contributed by atoms with E-state index in [0.29, 0.717) is 30.2 Å². The molecule has 6 nitrogen and oxygen atoms in total. The highest BCUT2D eigenvalue weighted by atomic mass is 16.5. The van der Waals surface area contributed by atoms with Crippen LogP contribution in [0.2, 0.25) is 0 Å². The van der Waals surface area contributed by atoms with Crippen molar-refractivity contribution in [3.05, 3.63) is 108 Å². The van der Waals surface area contributed by atoms with Gasteiger partial charge in [-0.1, -0.05) is 74.5 Å². The maximum absolute atomic E-state index is 12.5. The maximum atomic E-state index is 12.5. The number of carboxylic acids is 1. The number of benzene rings is 4. The van der Waals surface area contributed by atoms with Crippen molar-refractivity contribution >= 4 is 11.9 Å². The van der Waals surface area contributed by atoms with E-state index in [0.717, 1.165) is 27.8 Å². The molecule has 0 radical (unpaired) electrons. The van der Waals surface area contributed by atoms with Crippen molar-refractivity contribution in [2.24, 2.45) is 0 Å². The number of aliphatic carboxylic acids is 1. The average Bonchev–Trinajstić information content (AvgIpc) is 2.96. The van der Waals surface area contributed by atoms with E-state index in [9.17, 15) is 9.59 Å². The van der Waals surface area contributed by atoms with Gasteiger partial charge in [0.1, 0.15) is 18.1 Å². The first-order valence-corrected chi connectivity index (χ1v) is 13.0. The van der Waals surface area contributed by atoms with E-state index in [4.69, 9.17) is 14.6 Å². The molecule has 0 fully saturated rings. The number of nitrogens with one attached hydrogen (secondary N) is 1. The van der Waals surface area contributed by atoms with Gasteiger partial charge in [-0.05, 0) is 77.1 Å². The predicted octanol–water partition coefficient (Wildman–Crippen LogP) is 6.80. The molecule has 0 spiro atoms. The SMILES string of the molecule is CC(Oc1ccc(C(C)C)c(-c2ccc(OCCNC(=O)c3ccc(-c4ccccc4)cc3)cc2)c1)C(=O)O. The number of carbonyl (C=O) groups is 2.